The zero-order chi connectivity index (χ0) is 30.0. The third-order valence-electron chi connectivity index (χ3n) is 6.93. The summed E-state index contributed by atoms with van der Waals surface area (Å²) in [7, 11) is -3.82. The molecule has 0 fully saturated rings. The molecule has 1 atom stereocenters. The van der Waals surface area contributed by atoms with E-state index in [1.807, 2.05) is 55.5 Å². The van der Waals surface area contributed by atoms with Crippen LogP contribution in [0, 0.1) is 0 Å². The molecule has 0 heterocycles. The van der Waals surface area contributed by atoms with Gasteiger partial charge in [-0.05, 0) is 47.2 Å². The Hall–Kier alpha value is -3.36. The summed E-state index contributed by atoms with van der Waals surface area (Å²) < 4.78 is 27.0. The molecule has 3 aromatic rings. The summed E-state index contributed by atoms with van der Waals surface area (Å²) in [5, 5.41) is 3.43. The predicted molar refractivity (Wildman–Crippen MR) is 167 cm³/mol. The van der Waals surface area contributed by atoms with Crippen LogP contribution in [0.5, 0.6) is 0 Å². The highest BCUT2D eigenvalue weighted by atomic mass is 35.5. The van der Waals surface area contributed by atoms with Crippen molar-refractivity contribution in [1.82, 2.24) is 10.2 Å². The number of carbonyl (C=O) groups excluding carboxylic acids is 2. The fraction of sp³-hybridized carbons (Fsp3) is 0.375. The van der Waals surface area contributed by atoms with E-state index in [0.717, 1.165) is 34.5 Å². The molecule has 0 bridgehead atoms. The molecule has 0 unspecified atom stereocenters. The van der Waals surface area contributed by atoms with Crippen molar-refractivity contribution >= 4 is 39.1 Å². The second kappa shape index (κ2) is 15.0. The number of hydrogen-bond acceptors (Lipinski definition) is 4. The summed E-state index contributed by atoms with van der Waals surface area (Å²) in [5.41, 5.74) is 2.98. The topological polar surface area (TPSA) is 86.8 Å². The molecule has 220 valence electrons. The first-order chi connectivity index (χ1) is 19.5. The minimum Gasteiger partial charge on any atom is -0.354 e. The molecular formula is C32H40ClN3O4S. The summed E-state index contributed by atoms with van der Waals surface area (Å²) in [6.07, 6.45) is 3.05. The first-order valence-corrected chi connectivity index (χ1v) is 16.2. The van der Waals surface area contributed by atoms with E-state index in [-0.39, 0.29) is 24.8 Å². The second-order valence-electron chi connectivity index (χ2n) is 10.5. The molecule has 7 nitrogen and oxygen atoms in total. The summed E-state index contributed by atoms with van der Waals surface area (Å²) >= 11 is 6.49. The number of unbranched alkanes of at least 4 members (excludes halogenated alkanes) is 1. The lowest BCUT2D eigenvalue weighted by Gasteiger charge is -2.33. The number of carbonyl (C=O) groups is 2. The lowest BCUT2D eigenvalue weighted by atomic mass is 10.0. The molecule has 0 aromatic heterocycles. The van der Waals surface area contributed by atoms with E-state index in [4.69, 9.17) is 11.6 Å². The van der Waals surface area contributed by atoms with Gasteiger partial charge in [-0.2, -0.15) is 0 Å². The molecule has 41 heavy (non-hydrogen) atoms. The number of amides is 2. The second-order valence-corrected chi connectivity index (χ2v) is 12.8. The minimum atomic E-state index is -3.82. The Labute approximate surface area is 249 Å². The Morgan fingerprint density at radius 1 is 0.927 bits per heavy atom. The van der Waals surface area contributed by atoms with Gasteiger partial charge in [-0.1, -0.05) is 99.5 Å². The van der Waals surface area contributed by atoms with E-state index in [1.165, 1.54) is 4.90 Å². The fourth-order valence-corrected chi connectivity index (χ4v) is 5.55. The maximum atomic E-state index is 14.1. The third-order valence-corrected chi connectivity index (χ3v) is 8.44. The molecule has 2 amide bonds. The van der Waals surface area contributed by atoms with Gasteiger partial charge in [0.2, 0.25) is 21.8 Å². The molecule has 0 aliphatic carbocycles. The van der Waals surface area contributed by atoms with Gasteiger partial charge in [-0.25, -0.2) is 8.42 Å². The van der Waals surface area contributed by atoms with Crippen molar-refractivity contribution in [3.05, 3.63) is 101 Å². The van der Waals surface area contributed by atoms with Gasteiger partial charge in [0.15, 0.2) is 0 Å². The van der Waals surface area contributed by atoms with Crippen LogP contribution in [0.15, 0.2) is 78.9 Å². The van der Waals surface area contributed by atoms with Crippen LogP contribution in [-0.4, -0.2) is 50.5 Å². The summed E-state index contributed by atoms with van der Waals surface area (Å²) in [5.74, 6) is -0.529. The maximum Gasteiger partial charge on any atom is 0.244 e. The number of rotatable bonds is 14. The van der Waals surface area contributed by atoms with Gasteiger partial charge >= 0.3 is 0 Å². The van der Waals surface area contributed by atoms with Crippen LogP contribution >= 0.6 is 11.6 Å². The quantitative estimate of drug-likeness (QED) is 0.238. The Kier molecular flexibility index (Phi) is 11.8. The van der Waals surface area contributed by atoms with Crippen molar-refractivity contribution in [3.8, 4) is 0 Å². The lowest BCUT2D eigenvalue weighted by Crippen LogP contribution is -2.53. The van der Waals surface area contributed by atoms with Crippen LogP contribution < -0.4 is 9.62 Å². The Morgan fingerprint density at radius 3 is 2.15 bits per heavy atom. The van der Waals surface area contributed by atoms with E-state index in [1.54, 1.807) is 30.3 Å². The molecular weight excluding hydrogens is 558 g/mol. The van der Waals surface area contributed by atoms with E-state index >= 15 is 0 Å². The Balaban J connectivity index is 2.03. The van der Waals surface area contributed by atoms with Crippen molar-refractivity contribution in [2.45, 2.75) is 58.5 Å². The van der Waals surface area contributed by atoms with Gasteiger partial charge in [0.05, 0.1) is 11.9 Å². The first-order valence-electron chi connectivity index (χ1n) is 13.9. The monoisotopic (exact) mass is 597 g/mol. The molecule has 9 heteroatoms. The standard InChI is InChI=1S/C32H40ClN3O4S/c1-5-6-20-34-32(38)30(21-25-12-8-7-9-13-25)35(22-27-14-10-11-15-29(27)33)31(37)23-36(41(4,39)40)28-18-16-26(17-19-28)24(2)3/h7-19,24,30H,5-6,20-23H2,1-4H3,(H,34,38)/t30-/m0/s1. The number of nitrogens with one attached hydrogen (secondary N) is 1. The molecule has 3 rings (SSSR count). The van der Waals surface area contributed by atoms with Crippen LogP contribution in [0.3, 0.4) is 0 Å². The van der Waals surface area contributed by atoms with Gasteiger partial charge in [0.1, 0.15) is 12.6 Å². The highest BCUT2D eigenvalue weighted by molar-refractivity contribution is 7.92. The van der Waals surface area contributed by atoms with E-state index in [9.17, 15) is 18.0 Å². The van der Waals surface area contributed by atoms with Crippen LogP contribution in [0.4, 0.5) is 5.69 Å². The number of halogens is 1. The van der Waals surface area contributed by atoms with E-state index < -0.39 is 28.5 Å². The number of benzene rings is 3. The summed E-state index contributed by atoms with van der Waals surface area (Å²) in [4.78, 5) is 29.2. The highest BCUT2D eigenvalue weighted by Crippen LogP contribution is 2.24. The predicted octanol–water partition coefficient (Wildman–Crippen LogP) is 5.79. The average molecular weight is 598 g/mol. The van der Waals surface area contributed by atoms with Crippen molar-refractivity contribution in [3.63, 3.8) is 0 Å². The molecule has 0 aliphatic heterocycles. The molecule has 0 saturated heterocycles. The van der Waals surface area contributed by atoms with Crippen molar-refractivity contribution in [2.75, 3.05) is 23.7 Å². The molecule has 0 saturated carbocycles. The van der Waals surface area contributed by atoms with Crippen molar-refractivity contribution < 1.29 is 18.0 Å². The van der Waals surface area contributed by atoms with Crippen LogP contribution in [0.1, 0.15) is 56.2 Å². The Morgan fingerprint density at radius 2 is 1.56 bits per heavy atom. The van der Waals surface area contributed by atoms with Crippen LogP contribution in [0.2, 0.25) is 5.02 Å². The normalized spacial score (nSPS) is 12.1. The number of hydrogen-bond donors (Lipinski definition) is 1. The van der Waals surface area contributed by atoms with Crippen LogP contribution in [-0.2, 0) is 32.6 Å². The van der Waals surface area contributed by atoms with Gasteiger partial charge < -0.3 is 10.2 Å². The third kappa shape index (κ3) is 9.33. The molecule has 1 N–H and O–H groups in total. The minimum absolute atomic E-state index is 0.0428. The highest BCUT2D eigenvalue weighted by Gasteiger charge is 2.33. The van der Waals surface area contributed by atoms with E-state index in [0.29, 0.717) is 22.8 Å². The summed E-state index contributed by atoms with van der Waals surface area (Å²) in [6, 6.07) is 22.9. The fourth-order valence-electron chi connectivity index (χ4n) is 4.51. The zero-order valence-corrected chi connectivity index (χ0v) is 25.8. The molecule has 0 spiro atoms. The van der Waals surface area contributed by atoms with Gasteiger partial charge in [0, 0.05) is 24.5 Å². The summed E-state index contributed by atoms with van der Waals surface area (Å²) in [6.45, 7) is 6.20. The van der Waals surface area contributed by atoms with Crippen LogP contribution in [0.25, 0.3) is 0 Å². The van der Waals surface area contributed by atoms with Gasteiger partial charge in [-0.3, -0.25) is 13.9 Å². The number of anilines is 1. The SMILES string of the molecule is CCCCNC(=O)[C@H](Cc1ccccc1)N(Cc1ccccc1Cl)C(=O)CN(c1ccc(C(C)C)cc1)S(C)(=O)=O. The van der Waals surface area contributed by atoms with Gasteiger partial charge in [-0.15, -0.1) is 0 Å². The molecule has 0 radical (unpaired) electrons. The number of sulfonamides is 1. The Bertz CT molecular complexity index is 1400. The first kappa shape index (κ1) is 32.2. The molecule has 3 aromatic carbocycles. The average Bonchev–Trinajstić information content (AvgIpc) is 2.94. The maximum absolute atomic E-state index is 14.1. The number of nitrogens with zero attached hydrogens (tertiary/aromatic N) is 2. The molecule has 0 aliphatic rings. The van der Waals surface area contributed by atoms with E-state index in [2.05, 4.69) is 19.2 Å². The largest absolute Gasteiger partial charge is 0.354 e. The van der Waals surface area contributed by atoms with Crippen molar-refractivity contribution in [1.29, 1.82) is 0 Å². The smallest absolute Gasteiger partial charge is 0.244 e. The lowest BCUT2D eigenvalue weighted by molar-refractivity contribution is -0.140. The zero-order valence-electron chi connectivity index (χ0n) is 24.2. The van der Waals surface area contributed by atoms with Crippen molar-refractivity contribution in [2.24, 2.45) is 0 Å². The van der Waals surface area contributed by atoms with Gasteiger partial charge in [0.25, 0.3) is 0 Å².